The van der Waals surface area contributed by atoms with Crippen molar-refractivity contribution >= 4 is 28.7 Å². The maximum atomic E-state index is 11.8. The van der Waals surface area contributed by atoms with Gasteiger partial charge in [-0.05, 0) is 12.8 Å². The normalized spacial score (nSPS) is 23.2. The summed E-state index contributed by atoms with van der Waals surface area (Å²) in [6.45, 7) is 0. The molecule has 0 amide bonds. The van der Waals surface area contributed by atoms with Crippen molar-refractivity contribution in [1.82, 2.24) is 19.9 Å². The number of fused-ring (bicyclic) bond motifs is 1. The molecule has 8 heteroatoms. The van der Waals surface area contributed by atoms with E-state index in [1.54, 1.807) is 11.9 Å². The van der Waals surface area contributed by atoms with Crippen molar-refractivity contribution < 1.29 is 9.90 Å². The number of nitrogens with one attached hydrogen (secondary N) is 1. The zero-order valence-electron chi connectivity index (χ0n) is 10.4. The van der Waals surface area contributed by atoms with E-state index in [0.29, 0.717) is 35.8 Å². The molecule has 3 rings (SSSR count). The Bertz CT molecular complexity index is 639. The van der Waals surface area contributed by atoms with Crippen LogP contribution in [-0.4, -0.2) is 50.0 Å². The first-order valence-electron chi connectivity index (χ1n) is 5.98. The van der Waals surface area contributed by atoms with E-state index in [1.807, 2.05) is 0 Å². The molecule has 2 unspecified atom stereocenters. The zero-order chi connectivity index (χ0) is 13.6. The second-order valence-electron chi connectivity index (χ2n) is 4.64. The molecule has 0 bridgehead atoms. The number of likely N-dealkylation sites (N-methyl/N-ethyl adjacent to an activating group) is 1. The highest BCUT2D eigenvalue weighted by Crippen LogP contribution is 2.25. The van der Waals surface area contributed by atoms with E-state index in [2.05, 4.69) is 19.9 Å². The van der Waals surface area contributed by atoms with Crippen molar-refractivity contribution in [2.75, 3.05) is 17.7 Å². The molecule has 0 spiro atoms. The third-order valence-electron chi connectivity index (χ3n) is 3.48. The lowest BCUT2D eigenvalue weighted by molar-refractivity contribution is -0.125. The van der Waals surface area contributed by atoms with Crippen molar-refractivity contribution in [2.45, 2.75) is 25.0 Å². The van der Waals surface area contributed by atoms with Gasteiger partial charge in [-0.3, -0.25) is 4.79 Å². The first kappa shape index (κ1) is 11.8. The fourth-order valence-corrected chi connectivity index (χ4v) is 2.36. The smallest absolute Gasteiger partial charge is 0.205 e. The van der Waals surface area contributed by atoms with Crippen LogP contribution in [0.1, 0.15) is 12.8 Å². The van der Waals surface area contributed by atoms with Crippen LogP contribution < -0.4 is 10.6 Å². The van der Waals surface area contributed by atoms with Gasteiger partial charge in [-0.1, -0.05) is 0 Å². The second-order valence-corrected chi connectivity index (χ2v) is 4.64. The third-order valence-corrected chi connectivity index (χ3v) is 3.48. The Morgan fingerprint density at radius 2 is 2.26 bits per heavy atom. The molecule has 100 valence electrons. The van der Waals surface area contributed by atoms with E-state index in [4.69, 9.17) is 5.73 Å². The van der Waals surface area contributed by atoms with Crippen molar-refractivity contribution in [2.24, 2.45) is 0 Å². The molecule has 1 aliphatic rings. The Morgan fingerprint density at radius 3 is 2.89 bits per heavy atom. The lowest BCUT2D eigenvalue weighted by Crippen LogP contribution is -2.38. The van der Waals surface area contributed by atoms with Gasteiger partial charge < -0.3 is 20.7 Å². The minimum Gasteiger partial charge on any atom is -0.385 e. The number of anilines is 2. The SMILES string of the molecule is CN(c1nc2ncnc(N)c2[nH]1)C1CCC(O)C1=O. The summed E-state index contributed by atoms with van der Waals surface area (Å²) in [7, 11) is 1.75. The molecular formula is C11H14N6O2. The highest BCUT2D eigenvalue weighted by atomic mass is 16.3. The molecule has 0 aliphatic heterocycles. The fourth-order valence-electron chi connectivity index (χ4n) is 2.36. The van der Waals surface area contributed by atoms with Crippen LogP contribution in [0.5, 0.6) is 0 Å². The molecule has 4 N–H and O–H groups in total. The van der Waals surface area contributed by atoms with Gasteiger partial charge in [0.25, 0.3) is 0 Å². The Kier molecular flexibility index (Phi) is 2.59. The van der Waals surface area contributed by atoms with Crippen LogP contribution in [0.25, 0.3) is 11.2 Å². The third kappa shape index (κ3) is 1.80. The summed E-state index contributed by atoms with van der Waals surface area (Å²) in [5.41, 5.74) is 6.73. The number of aromatic amines is 1. The van der Waals surface area contributed by atoms with Crippen molar-refractivity contribution in [3.63, 3.8) is 0 Å². The maximum Gasteiger partial charge on any atom is 0.205 e. The molecule has 1 fully saturated rings. The lowest BCUT2D eigenvalue weighted by Gasteiger charge is -2.22. The number of nitrogen functional groups attached to an aromatic ring is 1. The summed E-state index contributed by atoms with van der Waals surface area (Å²) in [6, 6.07) is -0.371. The first-order valence-corrected chi connectivity index (χ1v) is 5.98. The Labute approximate surface area is 108 Å². The summed E-state index contributed by atoms with van der Waals surface area (Å²) in [5, 5.41) is 9.50. The van der Waals surface area contributed by atoms with Crippen LogP contribution in [0.3, 0.4) is 0 Å². The second kappa shape index (κ2) is 4.16. The number of H-pyrrole nitrogens is 1. The van der Waals surface area contributed by atoms with Crippen molar-refractivity contribution in [3.8, 4) is 0 Å². The van der Waals surface area contributed by atoms with Crippen LogP contribution in [0.2, 0.25) is 0 Å². The van der Waals surface area contributed by atoms with E-state index in [-0.39, 0.29) is 11.8 Å². The van der Waals surface area contributed by atoms with E-state index in [9.17, 15) is 9.90 Å². The highest BCUT2D eigenvalue weighted by molar-refractivity contribution is 5.93. The molecule has 2 heterocycles. The summed E-state index contributed by atoms with van der Waals surface area (Å²) in [6.07, 6.45) is 1.55. The number of imidazole rings is 1. The molecule has 0 saturated heterocycles. The summed E-state index contributed by atoms with van der Waals surface area (Å²) >= 11 is 0. The first-order chi connectivity index (χ1) is 9.08. The van der Waals surface area contributed by atoms with Gasteiger partial charge >= 0.3 is 0 Å². The number of Topliss-reactive ketones (excluding diaryl/α,β-unsaturated/α-hetero) is 1. The van der Waals surface area contributed by atoms with E-state index < -0.39 is 6.10 Å². The van der Waals surface area contributed by atoms with Gasteiger partial charge in [-0.2, -0.15) is 4.98 Å². The molecule has 2 aromatic heterocycles. The molecule has 1 aliphatic carbocycles. The van der Waals surface area contributed by atoms with E-state index >= 15 is 0 Å². The largest absolute Gasteiger partial charge is 0.385 e. The average Bonchev–Trinajstić information content (AvgIpc) is 2.95. The number of ketones is 1. The number of aromatic nitrogens is 4. The number of hydrogen-bond donors (Lipinski definition) is 3. The van der Waals surface area contributed by atoms with Crippen molar-refractivity contribution in [3.05, 3.63) is 6.33 Å². The van der Waals surface area contributed by atoms with Crippen LogP contribution in [0.4, 0.5) is 11.8 Å². The number of hydrogen-bond acceptors (Lipinski definition) is 7. The maximum absolute atomic E-state index is 11.8. The van der Waals surface area contributed by atoms with Gasteiger partial charge in [0.05, 0.1) is 6.04 Å². The number of rotatable bonds is 2. The van der Waals surface area contributed by atoms with Crippen LogP contribution in [0, 0.1) is 0 Å². The molecule has 0 aromatic carbocycles. The number of aliphatic hydroxyl groups excluding tert-OH is 1. The Balaban J connectivity index is 1.96. The topological polar surface area (TPSA) is 121 Å². The van der Waals surface area contributed by atoms with E-state index in [0.717, 1.165) is 0 Å². The number of nitrogens with zero attached hydrogens (tertiary/aromatic N) is 4. The van der Waals surface area contributed by atoms with Gasteiger partial charge in [0, 0.05) is 7.05 Å². The molecular weight excluding hydrogens is 248 g/mol. The zero-order valence-corrected chi connectivity index (χ0v) is 10.4. The number of aliphatic hydroxyl groups is 1. The Morgan fingerprint density at radius 1 is 1.47 bits per heavy atom. The van der Waals surface area contributed by atoms with Crippen molar-refractivity contribution in [1.29, 1.82) is 0 Å². The standard InChI is InChI=1S/C11H14N6O2/c1-17(5-2-3-6(18)8(5)19)11-15-7-9(12)13-4-14-10(7)16-11/h4-6,18H,2-3H2,1H3,(H3,12,13,14,15,16). The van der Waals surface area contributed by atoms with E-state index in [1.165, 1.54) is 6.33 Å². The molecule has 0 radical (unpaired) electrons. The molecule has 2 atom stereocenters. The predicted molar refractivity (Wildman–Crippen MR) is 68.5 cm³/mol. The number of nitrogens with two attached hydrogens (primary N) is 1. The molecule has 1 saturated carbocycles. The van der Waals surface area contributed by atoms with Gasteiger partial charge in [0.2, 0.25) is 5.95 Å². The molecule has 19 heavy (non-hydrogen) atoms. The lowest BCUT2D eigenvalue weighted by atomic mass is 10.2. The molecule has 8 nitrogen and oxygen atoms in total. The quantitative estimate of drug-likeness (QED) is 0.664. The summed E-state index contributed by atoms with van der Waals surface area (Å²) in [4.78, 5) is 28.7. The highest BCUT2D eigenvalue weighted by Gasteiger charge is 2.36. The minimum atomic E-state index is -0.873. The Hall–Kier alpha value is -2.22. The molecule has 2 aromatic rings. The summed E-state index contributed by atoms with van der Waals surface area (Å²) < 4.78 is 0. The number of carbonyl (C=O) groups excluding carboxylic acids is 1. The predicted octanol–water partition coefficient (Wildman–Crippen LogP) is -0.536. The van der Waals surface area contributed by atoms with Crippen LogP contribution >= 0.6 is 0 Å². The van der Waals surface area contributed by atoms with Gasteiger partial charge in [-0.25, -0.2) is 9.97 Å². The monoisotopic (exact) mass is 262 g/mol. The van der Waals surface area contributed by atoms with Gasteiger partial charge in [-0.15, -0.1) is 0 Å². The summed E-state index contributed by atoms with van der Waals surface area (Å²) in [5.74, 6) is 0.631. The van der Waals surface area contributed by atoms with Gasteiger partial charge in [0.1, 0.15) is 17.9 Å². The van der Waals surface area contributed by atoms with Crippen LogP contribution in [0.15, 0.2) is 6.33 Å². The van der Waals surface area contributed by atoms with Crippen LogP contribution in [-0.2, 0) is 4.79 Å². The van der Waals surface area contributed by atoms with Gasteiger partial charge in [0.15, 0.2) is 17.2 Å². The fraction of sp³-hybridized carbons (Fsp3) is 0.455. The average molecular weight is 262 g/mol. The number of carbonyl (C=O) groups is 1. The minimum absolute atomic E-state index is 0.179.